The SMILES string of the molecule is C[C@H](Oc1ccccc1[N+](=O)[O-])C(=O)NNC(=O)c1ccc(NC(=O)C2CC2)cc1. The number of carbonyl (C=O) groups excluding carboxylic acids is 3. The number of hydrazine groups is 1. The number of benzene rings is 2. The number of anilines is 1. The number of nitrogens with zero attached hydrogens (tertiary/aromatic N) is 1. The van der Waals surface area contributed by atoms with Crippen LogP contribution in [-0.4, -0.2) is 28.7 Å². The molecule has 0 unspecified atom stereocenters. The topological polar surface area (TPSA) is 140 Å². The van der Waals surface area contributed by atoms with Crippen molar-refractivity contribution in [2.24, 2.45) is 5.92 Å². The number of para-hydroxylation sites is 2. The summed E-state index contributed by atoms with van der Waals surface area (Å²) < 4.78 is 5.34. The predicted molar refractivity (Wildman–Crippen MR) is 107 cm³/mol. The van der Waals surface area contributed by atoms with Crippen LogP contribution in [0.5, 0.6) is 5.75 Å². The Balaban J connectivity index is 1.50. The van der Waals surface area contributed by atoms with Crippen LogP contribution in [0.15, 0.2) is 48.5 Å². The zero-order valence-electron chi connectivity index (χ0n) is 16.1. The van der Waals surface area contributed by atoms with E-state index in [1.165, 1.54) is 37.3 Å². The van der Waals surface area contributed by atoms with Gasteiger partial charge in [0.25, 0.3) is 11.8 Å². The number of hydrogen-bond acceptors (Lipinski definition) is 6. The van der Waals surface area contributed by atoms with Crippen LogP contribution in [0, 0.1) is 16.0 Å². The lowest BCUT2D eigenvalue weighted by Gasteiger charge is -2.15. The summed E-state index contributed by atoms with van der Waals surface area (Å²) in [6, 6.07) is 11.9. The van der Waals surface area contributed by atoms with E-state index in [4.69, 9.17) is 4.74 Å². The van der Waals surface area contributed by atoms with Crippen molar-refractivity contribution in [3.05, 3.63) is 64.2 Å². The van der Waals surface area contributed by atoms with Gasteiger partial charge in [-0.15, -0.1) is 0 Å². The van der Waals surface area contributed by atoms with Crippen molar-refractivity contribution in [3.63, 3.8) is 0 Å². The molecule has 10 nitrogen and oxygen atoms in total. The van der Waals surface area contributed by atoms with E-state index in [-0.39, 0.29) is 28.8 Å². The summed E-state index contributed by atoms with van der Waals surface area (Å²) in [5, 5.41) is 13.8. The summed E-state index contributed by atoms with van der Waals surface area (Å²) in [6.45, 7) is 1.40. The van der Waals surface area contributed by atoms with Crippen LogP contribution in [-0.2, 0) is 9.59 Å². The van der Waals surface area contributed by atoms with Gasteiger partial charge in [-0.25, -0.2) is 0 Å². The van der Waals surface area contributed by atoms with Gasteiger partial charge >= 0.3 is 5.69 Å². The van der Waals surface area contributed by atoms with Crippen molar-refractivity contribution in [2.75, 3.05) is 5.32 Å². The van der Waals surface area contributed by atoms with E-state index in [1.807, 2.05) is 0 Å². The quantitative estimate of drug-likeness (QED) is 0.470. The van der Waals surface area contributed by atoms with Gasteiger partial charge < -0.3 is 10.1 Å². The van der Waals surface area contributed by atoms with Gasteiger partial charge in [0.15, 0.2) is 11.9 Å². The highest BCUT2D eigenvalue weighted by Crippen LogP contribution is 2.30. The number of amides is 3. The summed E-state index contributed by atoms with van der Waals surface area (Å²) in [6.07, 6.45) is 0.698. The van der Waals surface area contributed by atoms with E-state index in [0.29, 0.717) is 5.69 Å². The molecule has 0 radical (unpaired) electrons. The maximum atomic E-state index is 12.2. The van der Waals surface area contributed by atoms with Crippen molar-refractivity contribution in [2.45, 2.75) is 25.9 Å². The molecule has 1 fully saturated rings. The molecule has 1 aliphatic carbocycles. The Morgan fingerprint density at radius 1 is 1.07 bits per heavy atom. The first-order valence-electron chi connectivity index (χ1n) is 9.26. The largest absolute Gasteiger partial charge is 0.474 e. The van der Waals surface area contributed by atoms with Crippen LogP contribution in [0.1, 0.15) is 30.1 Å². The predicted octanol–water partition coefficient (Wildman–Crippen LogP) is 2.17. The zero-order chi connectivity index (χ0) is 21.7. The third-order valence-electron chi connectivity index (χ3n) is 4.40. The van der Waals surface area contributed by atoms with Gasteiger partial charge in [-0.1, -0.05) is 12.1 Å². The Bertz CT molecular complexity index is 972. The van der Waals surface area contributed by atoms with Gasteiger partial charge in [-0.3, -0.25) is 35.3 Å². The summed E-state index contributed by atoms with van der Waals surface area (Å²) in [4.78, 5) is 46.5. The zero-order valence-corrected chi connectivity index (χ0v) is 16.1. The van der Waals surface area contributed by atoms with Crippen LogP contribution >= 0.6 is 0 Å². The molecule has 1 aliphatic rings. The fraction of sp³-hybridized carbons (Fsp3) is 0.250. The van der Waals surface area contributed by atoms with Crippen molar-refractivity contribution in [3.8, 4) is 5.75 Å². The molecule has 3 rings (SSSR count). The van der Waals surface area contributed by atoms with Crippen molar-refractivity contribution < 1.29 is 24.0 Å². The van der Waals surface area contributed by atoms with Crippen LogP contribution in [0.25, 0.3) is 0 Å². The number of ether oxygens (including phenoxy) is 1. The molecule has 0 heterocycles. The molecule has 0 spiro atoms. The minimum atomic E-state index is -1.09. The second-order valence-corrected chi connectivity index (χ2v) is 6.77. The minimum Gasteiger partial charge on any atom is -0.474 e. The standard InChI is InChI=1S/C20H20N4O6/c1-12(30-17-5-3-2-4-16(17)24(28)29)18(25)22-23-20(27)14-8-10-15(11-9-14)21-19(26)13-6-7-13/h2-5,8-13H,6-7H2,1H3,(H,21,26)(H,22,25)(H,23,27)/t12-/m0/s1. The van der Waals surface area contributed by atoms with E-state index in [0.717, 1.165) is 12.8 Å². The number of nitro benzene ring substituents is 1. The normalized spacial score (nSPS) is 13.6. The molecule has 0 aromatic heterocycles. The molecule has 1 saturated carbocycles. The van der Waals surface area contributed by atoms with Gasteiger partial charge in [0, 0.05) is 23.2 Å². The lowest BCUT2D eigenvalue weighted by atomic mass is 10.2. The number of carbonyl (C=O) groups is 3. The number of hydrogen-bond donors (Lipinski definition) is 3. The molecule has 3 N–H and O–H groups in total. The molecule has 10 heteroatoms. The Kier molecular flexibility index (Phi) is 6.26. The van der Waals surface area contributed by atoms with Gasteiger partial charge in [0.05, 0.1) is 4.92 Å². The molecule has 3 amide bonds. The van der Waals surface area contributed by atoms with Crippen molar-refractivity contribution in [1.82, 2.24) is 10.9 Å². The van der Waals surface area contributed by atoms with Crippen LogP contribution in [0.2, 0.25) is 0 Å². The molecular weight excluding hydrogens is 392 g/mol. The Labute approximate surface area is 171 Å². The molecule has 156 valence electrons. The minimum absolute atomic E-state index is 0.0351. The second-order valence-electron chi connectivity index (χ2n) is 6.77. The third kappa shape index (κ3) is 5.31. The van der Waals surface area contributed by atoms with Crippen molar-refractivity contribution >= 4 is 29.1 Å². The Morgan fingerprint density at radius 2 is 1.73 bits per heavy atom. The summed E-state index contributed by atoms with van der Waals surface area (Å²) in [5.74, 6) is -1.27. The molecule has 2 aromatic carbocycles. The molecule has 0 bridgehead atoms. The summed E-state index contributed by atoms with van der Waals surface area (Å²) in [7, 11) is 0. The van der Waals surface area contributed by atoms with E-state index in [9.17, 15) is 24.5 Å². The van der Waals surface area contributed by atoms with E-state index >= 15 is 0 Å². The summed E-state index contributed by atoms with van der Waals surface area (Å²) in [5.41, 5.74) is 5.05. The first-order chi connectivity index (χ1) is 14.3. The maximum absolute atomic E-state index is 12.2. The Morgan fingerprint density at radius 3 is 2.37 bits per heavy atom. The average molecular weight is 412 g/mol. The highest BCUT2D eigenvalue weighted by Gasteiger charge is 2.29. The maximum Gasteiger partial charge on any atom is 0.310 e. The van der Waals surface area contributed by atoms with Gasteiger partial charge in [0.1, 0.15) is 0 Å². The first kappa shape index (κ1) is 20.8. The van der Waals surface area contributed by atoms with Crippen LogP contribution in [0.3, 0.4) is 0 Å². The van der Waals surface area contributed by atoms with E-state index < -0.39 is 22.8 Å². The van der Waals surface area contributed by atoms with Crippen LogP contribution < -0.4 is 20.9 Å². The molecule has 0 aliphatic heterocycles. The lowest BCUT2D eigenvalue weighted by molar-refractivity contribution is -0.386. The van der Waals surface area contributed by atoms with Gasteiger partial charge in [0.2, 0.25) is 5.91 Å². The fourth-order valence-corrected chi connectivity index (χ4v) is 2.54. The van der Waals surface area contributed by atoms with Crippen LogP contribution in [0.4, 0.5) is 11.4 Å². The van der Waals surface area contributed by atoms with Crippen molar-refractivity contribution in [1.29, 1.82) is 0 Å². The number of nitrogens with one attached hydrogen (secondary N) is 3. The Hall–Kier alpha value is -3.95. The third-order valence-corrected chi connectivity index (χ3v) is 4.40. The highest BCUT2D eigenvalue weighted by atomic mass is 16.6. The average Bonchev–Trinajstić information content (AvgIpc) is 3.58. The lowest BCUT2D eigenvalue weighted by Crippen LogP contribution is -2.47. The highest BCUT2D eigenvalue weighted by molar-refractivity contribution is 5.97. The summed E-state index contributed by atoms with van der Waals surface area (Å²) >= 11 is 0. The smallest absolute Gasteiger partial charge is 0.310 e. The molecule has 0 saturated heterocycles. The first-order valence-corrected chi connectivity index (χ1v) is 9.26. The number of nitro groups is 1. The monoisotopic (exact) mass is 412 g/mol. The second kappa shape index (κ2) is 9.03. The van der Waals surface area contributed by atoms with Gasteiger partial charge in [-0.05, 0) is 50.1 Å². The molecule has 1 atom stereocenters. The molecule has 2 aromatic rings. The number of rotatable bonds is 7. The van der Waals surface area contributed by atoms with Gasteiger partial charge in [-0.2, -0.15) is 0 Å². The molecular formula is C20H20N4O6. The molecule has 30 heavy (non-hydrogen) atoms. The van der Waals surface area contributed by atoms with E-state index in [1.54, 1.807) is 18.2 Å². The fourth-order valence-electron chi connectivity index (χ4n) is 2.54. The van der Waals surface area contributed by atoms with E-state index in [2.05, 4.69) is 16.2 Å².